The van der Waals surface area contributed by atoms with Gasteiger partial charge in [0.15, 0.2) is 0 Å². The summed E-state index contributed by atoms with van der Waals surface area (Å²) in [6.45, 7) is 0. The van der Waals surface area contributed by atoms with Crippen molar-refractivity contribution in [2.75, 3.05) is 18.2 Å². The molecule has 1 amide bonds. The molecule has 110 valence electrons. The van der Waals surface area contributed by atoms with E-state index in [2.05, 4.69) is 15.2 Å². The number of benzene rings is 1. The zero-order valence-corrected chi connectivity index (χ0v) is 11.4. The highest BCUT2D eigenvalue weighted by atomic mass is 19.1. The van der Waals surface area contributed by atoms with Crippen LogP contribution in [-0.2, 0) is 11.8 Å². The van der Waals surface area contributed by atoms with Crippen LogP contribution in [0.2, 0.25) is 0 Å². The van der Waals surface area contributed by atoms with Gasteiger partial charge in [0, 0.05) is 7.05 Å². The van der Waals surface area contributed by atoms with E-state index in [0.29, 0.717) is 0 Å². The predicted molar refractivity (Wildman–Crippen MR) is 73.3 cm³/mol. The third-order valence-electron chi connectivity index (χ3n) is 2.82. The summed E-state index contributed by atoms with van der Waals surface area (Å²) in [4.78, 5) is 23.5. The van der Waals surface area contributed by atoms with Gasteiger partial charge in [-0.3, -0.25) is 9.48 Å². The lowest BCUT2D eigenvalue weighted by atomic mass is 10.2. The highest BCUT2D eigenvalue weighted by Crippen LogP contribution is 2.19. The summed E-state index contributed by atoms with van der Waals surface area (Å²) in [5, 5.41) is 6.17. The van der Waals surface area contributed by atoms with Crippen molar-refractivity contribution < 1.29 is 18.7 Å². The number of halogens is 1. The summed E-state index contributed by atoms with van der Waals surface area (Å²) >= 11 is 0. The number of amides is 1. The first-order valence-corrected chi connectivity index (χ1v) is 5.90. The zero-order valence-electron chi connectivity index (χ0n) is 11.4. The fraction of sp³-hybridized carbons (Fsp3) is 0.154. The Morgan fingerprint density at radius 3 is 2.71 bits per heavy atom. The number of hydrogen-bond acceptors (Lipinski definition) is 5. The Hall–Kier alpha value is -2.90. The van der Waals surface area contributed by atoms with E-state index in [1.54, 1.807) is 0 Å². The summed E-state index contributed by atoms with van der Waals surface area (Å²) in [7, 11) is 2.74. The molecule has 0 bridgehead atoms. The van der Waals surface area contributed by atoms with Crippen molar-refractivity contribution >= 4 is 23.3 Å². The summed E-state index contributed by atoms with van der Waals surface area (Å²) in [6, 6.07) is 3.51. The number of hydrogen-bond donors (Lipinski definition) is 2. The number of methoxy groups -OCH3 is 1. The largest absolute Gasteiger partial charge is 0.465 e. The summed E-state index contributed by atoms with van der Waals surface area (Å²) in [5.74, 6) is -1.95. The van der Waals surface area contributed by atoms with Gasteiger partial charge in [0.1, 0.15) is 11.5 Å². The molecule has 1 aromatic carbocycles. The number of rotatable bonds is 3. The minimum Gasteiger partial charge on any atom is -0.465 e. The van der Waals surface area contributed by atoms with E-state index in [1.807, 2.05) is 0 Å². The number of carbonyl (C=O) groups excluding carboxylic acids is 2. The van der Waals surface area contributed by atoms with E-state index < -0.39 is 17.7 Å². The highest BCUT2D eigenvalue weighted by molar-refractivity contribution is 6.06. The van der Waals surface area contributed by atoms with Crippen LogP contribution in [0.15, 0.2) is 24.4 Å². The first kappa shape index (κ1) is 14.5. The number of esters is 1. The monoisotopic (exact) mass is 292 g/mol. The zero-order chi connectivity index (χ0) is 15.6. The summed E-state index contributed by atoms with van der Waals surface area (Å²) in [5.41, 5.74) is 5.85. The van der Waals surface area contributed by atoms with Gasteiger partial charge in [0.25, 0.3) is 5.91 Å². The number of nitrogens with zero attached hydrogens (tertiary/aromatic N) is 2. The third-order valence-corrected chi connectivity index (χ3v) is 2.82. The number of nitrogen functional groups attached to an aromatic ring is 1. The van der Waals surface area contributed by atoms with Crippen LogP contribution in [-0.4, -0.2) is 28.8 Å². The molecule has 0 radical (unpaired) electrons. The van der Waals surface area contributed by atoms with Crippen molar-refractivity contribution in [2.45, 2.75) is 0 Å². The van der Waals surface area contributed by atoms with Gasteiger partial charge in [-0.05, 0) is 18.2 Å². The fourth-order valence-electron chi connectivity index (χ4n) is 1.78. The Bertz CT molecular complexity index is 692. The number of aromatic nitrogens is 2. The second-order valence-corrected chi connectivity index (χ2v) is 4.21. The van der Waals surface area contributed by atoms with Gasteiger partial charge < -0.3 is 15.8 Å². The average Bonchev–Trinajstić information content (AvgIpc) is 2.79. The predicted octanol–water partition coefficient (Wildman–Crippen LogP) is 1.18. The van der Waals surface area contributed by atoms with E-state index in [1.165, 1.54) is 37.2 Å². The van der Waals surface area contributed by atoms with Crippen molar-refractivity contribution in [2.24, 2.45) is 7.05 Å². The molecular weight excluding hydrogens is 279 g/mol. The van der Waals surface area contributed by atoms with Gasteiger partial charge in [0.05, 0.1) is 30.2 Å². The van der Waals surface area contributed by atoms with Crippen molar-refractivity contribution in [3.05, 3.63) is 41.5 Å². The number of carbonyl (C=O) groups is 2. The van der Waals surface area contributed by atoms with Gasteiger partial charge in [-0.25, -0.2) is 9.18 Å². The molecule has 2 rings (SSSR count). The smallest absolute Gasteiger partial charge is 0.337 e. The molecule has 0 fully saturated rings. The Labute approximate surface area is 119 Å². The topological polar surface area (TPSA) is 99.2 Å². The van der Waals surface area contributed by atoms with Crippen LogP contribution < -0.4 is 11.1 Å². The van der Waals surface area contributed by atoms with Gasteiger partial charge in [0.2, 0.25) is 0 Å². The van der Waals surface area contributed by atoms with Gasteiger partial charge in [-0.15, -0.1) is 0 Å². The highest BCUT2D eigenvalue weighted by Gasteiger charge is 2.18. The standard InChI is InChI=1S/C13H13FN4O3/c1-18-11(9(15)6-16-18)12(19)17-10-5-7(13(20)21-2)3-4-8(10)14/h3-6H,15H2,1-2H3,(H,17,19). The number of aryl methyl sites for hydroxylation is 1. The second-order valence-electron chi connectivity index (χ2n) is 4.21. The van der Waals surface area contributed by atoms with Crippen molar-refractivity contribution in [1.82, 2.24) is 9.78 Å². The lowest BCUT2D eigenvalue weighted by Gasteiger charge is -2.09. The third kappa shape index (κ3) is 2.83. The maximum atomic E-state index is 13.7. The Kier molecular flexibility index (Phi) is 3.88. The molecule has 3 N–H and O–H groups in total. The molecule has 0 saturated carbocycles. The van der Waals surface area contributed by atoms with Crippen molar-refractivity contribution in [3.8, 4) is 0 Å². The first-order chi connectivity index (χ1) is 9.93. The SMILES string of the molecule is COC(=O)c1ccc(F)c(NC(=O)c2c(N)cnn2C)c1. The minimum absolute atomic E-state index is 0.0953. The van der Waals surface area contributed by atoms with Crippen molar-refractivity contribution in [3.63, 3.8) is 0 Å². The van der Waals surface area contributed by atoms with E-state index in [4.69, 9.17) is 5.73 Å². The second kappa shape index (κ2) is 5.61. The molecule has 8 heteroatoms. The summed E-state index contributed by atoms with van der Waals surface area (Å²) in [6.07, 6.45) is 1.32. The first-order valence-electron chi connectivity index (χ1n) is 5.90. The maximum absolute atomic E-state index is 13.7. The fourth-order valence-corrected chi connectivity index (χ4v) is 1.78. The minimum atomic E-state index is -0.684. The molecule has 0 spiro atoms. The Morgan fingerprint density at radius 2 is 2.14 bits per heavy atom. The molecule has 0 aliphatic rings. The number of nitrogens with two attached hydrogens (primary N) is 1. The average molecular weight is 292 g/mol. The van der Waals surface area contributed by atoms with Crippen LogP contribution >= 0.6 is 0 Å². The molecule has 21 heavy (non-hydrogen) atoms. The Morgan fingerprint density at radius 1 is 1.43 bits per heavy atom. The van der Waals surface area contributed by atoms with Gasteiger partial charge in [-0.2, -0.15) is 5.10 Å². The molecule has 0 aliphatic heterocycles. The molecule has 2 aromatic rings. The van der Waals surface area contributed by atoms with E-state index in [9.17, 15) is 14.0 Å². The van der Waals surface area contributed by atoms with Gasteiger partial charge >= 0.3 is 5.97 Å². The van der Waals surface area contributed by atoms with E-state index >= 15 is 0 Å². The van der Waals surface area contributed by atoms with Crippen LogP contribution in [0.1, 0.15) is 20.8 Å². The van der Waals surface area contributed by atoms with Gasteiger partial charge in [-0.1, -0.05) is 0 Å². The molecule has 7 nitrogen and oxygen atoms in total. The summed E-state index contributed by atoms with van der Waals surface area (Å²) < 4.78 is 19.5. The lowest BCUT2D eigenvalue weighted by molar-refractivity contribution is 0.0600. The Balaban J connectivity index is 2.31. The molecule has 1 heterocycles. The van der Waals surface area contributed by atoms with Crippen LogP contribution in [0.4, 0.5) is 15.8 Å². The lowest BCUT2D eigenvalue weighted by Crippen LogP contribution is -2.18. The number of ether oxygens (including phenoxy) is 1. The van der Waals surface area contributed by atoms with E-state index in [-0.39, 0.29) is 22.6 Å². The van der Waals surface area contributed by atoms with Crippen molar-refractivity contribution in [1.29, 1.82) is 0 Å². The molecule has 0 aliphatic carbocycles. The van der Waals surface area contributed by atoms with Crippen LogP contribution in [0.5, 0.6) is 0 Å². The molecule has 1 aromatic heterocycles. The van der Waals surface area contributed by atoms with Crippen LogP contribution in [0, 0.1) is 5.82 Å². The molecule has 0 atom stereocenters. The van der Waals surface area contributed by atoms with E-state index in [0.717, 1.165) is 6.07 Å². The number of nitrogens with one attached hydrogen (secondary N) is 1. The molecule has 0 saturated heterocycles. The molecule has 0 unspecified atom stereocenters. The maximum Gasteiger partial charge on any atom is 0.337 e. The molecular formula is C13H13FN4O3. The number of anilines is 2. The quantitative estimate of drug-likeness (QED) is 0.828. The van der Waals surface area contributed by atoms with Crippen LogP contribution in [0.3, 0.4) is 0 Å². The van der Waals surface area contributed by atoms with Crippen LogP contribution in [0.25, 0.3) is 0 Å². The normalized spacial score (nSPS) is 10.2.